The van der Waals surface area contributed by atoms with E-state index in [4.69, 9.17) is 0 Å². The van der Waals surface area contributed by atoms with E-state index in [2.05, 4.69) is 50.2 Å². The first-order valence-electron chi connectivity index (χ1n) is 12.0. The monoisotopic (exact) mass is 417 g/mol. The molecule has 0 N–H and O–H groups in total. The first-order valence-corrected chi connectivity index (χ1v) is 12.0. The van der Waals surface area contributed by atoms with Crippen molar-refractivity contribution in [3.8, 4) is 0 Å². The molecule has 31 heavy (non-hydrogen) atoms. The first-order chi connectivity index (χ1) is 14.8. The van der Waals surface area contributed by atoms with Crippen molar-refractivity contribution in [3.05, 3.63) is 52.6 Å². The SMILES string of the molecule is CC(=O)C1CCC2C3CCC4=CC(=O)CCC4=C3[C@@H](c3ccc(N(C)C)cc3)C[C@]12C. The average molecular weight is 418 g/mol. The van der Waals surface area contributed by atoms with E-state index in [9.17, 15) is 9.59 Å². The van der Waals surface area contributed by atoms with Crippen LogP contribution in [0.4, 0.5) is 5.69 Å². The number of anilines is 1. The second-order valence-electron chi connectivity index (χ2n) is 10.8. The van der Waals surface area contributed by atoms with E-state index in [0.717, 1.165) is 32.1 Å². The van der Waals surface area contributed by atoms with Gasteiger partial charge in [-0.1, -0.05) is 24.6 Å². The van der Waals surface area contributed by atoms with Crippen molar-refractivity contribution in [2.75, 3.05) is 19.0 Å². The van der Waals surface area contributed by atoms with Crippen molar-refractivity contribution < 1.29 is 9.59 Å². The van der Waals surface area contributed by atoms with E-state index in [1.54, 1.807) is 5.57 Å². The topological polar surface area (TPSA) is 37.4 Å². The van der Waals surface area contributed by atoms with E-state index in [0.29, 0.717) is 35.7 Å². The summed E-state index contributed by atoms with van der Waals surface area (Å²) in [4.78, 5) is 26.9. The minimum absolute atomic E-state index is 0.0805. The van der Waals surface area contributed by atoms with Gasteiger partial charge in [-0.15, -0.1) is 0 Å². The zero-order valence-electron chi connectivity index (χ0n) is 19.4. The van der Waals surface area contributed by atoms with Crippen molar-refractivity contribution in [2.24, 2.45) is 23.2 Å². The number of Topliss-reactive ketones (excluding diaryl/α,β-unsaturated/α-hetero) is 1. The lowest BCUT2D eigenvalue weighted by atomic mass is 9.51. The predicted octanol–water partition coefficient (Wildman–Crippen LogP) is 5.86. The summed E-state index contributed by atoms with van der Waals surface area (Å²) in [5.74, 6) is 2.37. The lowest BCUT2D eigenvalue weighted by Gasteiger charge is -2.52. The maximum absolute atomic E-state index is 12.6. The van der Waals surface area contributed by atoms with Gasteiger partial charge < -0.3 is 4.90 Å². The molecule has 0 radical (unpaired) electrons. The van der Waals surface area contributed by atoms with Gasteiger partial charge in [0, 0.05) is 38.0 Å². The molecule has 2 saturated carbocycles. The van der Waals surface area contributed by atoms with Gasteiger partial charge in [-0.05, 0) is 97.6 Å². The van der Waals surface area contributed by atoms with Crippen LogP contribution in [0.1, 0.15) is 70.3 Å². The maximum atomic E-state index is 12.6. The quantitative estimate of drug-likeness (QED) is 0.618. The van der Waals surface area contributed by atoms with E-state index in [-0.39, 0.29) is 11.3 Å². The van der Waals surface area contributed by atoms with Crippen LogP contribution < -0.4 is 4.90 Å². The van der Waals surface area contributed by atoms with Gasteiger partial charge in [0.2, 0.25) is 0 Å². The molecule has 0 amide bonds. The number of fused-ring (bicyclic) bond motifs is 4. The summed E-state index contributed by atoms with van der Waals surface area (Å²) in [7, 11) is 4.16. The Balaban J connectivity index is 1.65. The molecule has 5 rings (SSSR count). The summed E-state index contributed by atoms with van der Waals surface area (Å²) >= 11 is 0. The number of carbonyl (C=O) groups is 2. The number of ketones is 2. The van der Waals surface area contributed by atoms with Gasteiger partial charge in [0.05, 0.1) is 0 Å². The van der Waals surface area contributed by atoms with Crippen LogP contribution in [0.25, 0.3) is 0 Å². The molecule has 1 aromatic rings. The molecule has 164 valence electrons. The number of benzene rings is 1. The number of nitrogens with zero attached hydrogens (tertiary/aromatic N) is 1. The van der Waals surface area contributed by atoms with Gasteiger partial charge in [-0.2, -0.15) is 0 Å². The van der Waals surface area contributed by atoms with Gasteiger partial charge >= 0.3 is 0 Å². The zero-order chi connectivity index (χ0) is 21.9. The van der Waals surface area contributed by atoms with Crippen LogP contribution in [-0.2, 0) is 9.59 Å². The second-order valence-corrected chi connectivity index (χ2v) is 10.8. The third kappa shape index (κ3) is 3.23. The maximum Gasteiger partial charge on any atom is 0.156 e. The van der Waals surface area contributed by atoms with Crippen molar-refractivity contribution in [1.29, 1.82) is 0 Å². The zero-order valence-corrected chi connectivity index (χ0v) is 19.4. The number of allylic oxidation sites excluding steroid dienone is 4. The van der Waals surface area contributed by atoms with Crippen LogP contribution in [0.3, 0.4) is 0 Å². The van der Waals surface area contributed by atoms with Gasteiger partial charge in [0.25, 0.3) is 0 Å². The molecule has 4 aliphatic carbocycles. The normalized spacial score (nSPS) is 34.6. The smallest absolute Gasteiger partial charge is 0.156 e. The predicted molar refractivity (Wildman–Crippen MR) is 125 cm³/mol. The van der Waals surface area contributed by atoms with Crippen molar-refractivity contribution in [3.63, 3.8) is 0 Å². The molecule has 0 aliphatic heterocycles. The highest BCUT2D eigenvalue weighted by atomic mass is 16.1. The molecule has 0 aromatic heterocycles. The minimum Gasteiger partial charge on any atom is -0.378 e. The van der Waals surface area contributed by atoms with Gasteiger partial charge in [0.1, 0.15) is 5.78 Å². The third-order valence-corrected chi connectivity index (χ3v) is 9.03. The van der Waals surface area contributed by atoms with Crippen molar-refractivity contribution in [2.45, 2.75) is 64.7 Å². The molecule has 0 heterocycles. The summed E-state index contributed by atoms with van der Waals surface area (Å²) < 4.78 is 0. The minimum atomic E-state index is 0.0805. The summed E-state index contributed by atoms with van der Waals surface area (Å²) in [6, 6.07) is 9.06. The van der Waals surface area contributed by atoms with Crippen molar-refractivity contribution in [1.82, 2.24) is 0 Å². The number of hydrogen-bond donors (Lipinski definition) is 0. The van der Waals surface area contributed by atoms with Crippen molar-refractivity contribution >= 4 is 17.3 Å². The third-order valence-electron chi connectivity index (χ3n) is 9.03. The molecule has 0 spiro atoms. The second kappa shape index (κ2) is 7.46. The highest BCUT2D eigenvalue weighted by molar-refractivity contribution is 5.93. The molecule has 0 bridgehead atoms. The van der Waals surface area contributed by atoms with Gasteiger partial charge in [-0.3, -0.25) is 9.59 Å². The molecule has 3 unspecified atom stereocenters. The van der Waals surface area contributed by atoms with Crippen LogP contribution in [0.5, 0.6) is 0 Å². The van der Waals surface area contributed by atoms with E-state index in [1.165, 1.54) is 28.8 Å². The highest BCUT2D eigenvalue weighted by Gasteiger charge is 2.57. The van der Waals surface area contributed by atoms with Crippen LogP contribution in [0, 0.1) is 23.2 Å². The van der Waals surface area contributed by atoms with Crippen LogP contribution in [0.15, 0.2) is 47.1 Å². The summed E-state index contributed by atoms with van der Waals surface area (Å²) in [6.07, 6.45) is 8.93. The van der Waals surface area contributed by atoms with E-state index >= 15 is 0 Å². The average Bonchev–Trinajstić information content (AvgIpc) is 3.10. The highest BCUT2D eigenvalue weighted by Crippen LogP contribution is 2.65. The Morgan fingerprint density at radius 2 is 1.77 bits per heavy atom. The Morgan fingerprint density at radius 3 is 2.45 bits per heavy atom. The fourth-order valence-corrected chi connectivity index (χ4v) is 7.63. The molecule has 3 nitrogen and oxygen atoms in total. The molecule has 2 fully saturated rings. The number of rotatable bonds is 3. The first kappa shape index (κ1) is 20.7. The summed E-state index contributed by atoms with van der Waals surface area (Å²) in [6.45, 7) is 4.22. The number of carbonyl (C=O) groups excluding carboxylic acids is 2. The summed E-state index contributed by atoms with van der Waals surface area (Å²) in [5.41, 5.74) is 7.09. The molecular weight excluding hydrogens is 382 g/mol. The van der Waals surface area contributed by atoms with Crippen LogP contribution in [0.2, 0.25) is 0 Å². The summed E-state index contributed by atoms with van der Waals surface area (Å²) in [5, 5.41) is 0. The van der Waals surface area contributed by atoms with E-state index in [1.807, 2.05) is 13.0 Å². The molecule has 1 aromatic carbocycles. The van der Waals surface area contributed by atoms with E-state index < -0.39 is 0 Å². The fourth-order valence-electron chi connectivity index (χ4n) is 7.63. The molecular formula is C28H35NO2. The largest absolute Gasteiger partial charge is 0.378 e. The lowest BCUT2D eigenvalue weighted by molar-refractivity contribution is -0.125. The molecule has 4 aliphatic rings. The molecule has 3 heteroatoms. The fraction of sp³-hybridized carbons (Fsp3) is 0.571. The Labute approximate surface area is 186 Å². The van der Waals surface area contributed by atoms with Crippen LogP contribution >= 0.6 is 0 Å². The molecule has 0 saturated heterocycles. The Hall–Kier alpha value is -2.16. The van der Waals surface area contributed by atoms with Crippen LogP contribution in [-0.4, -0.2) is 25.7 Å². The Bertz CT molecular complexity index is 983. The lowest BCUT2D eigenvalue weighted by Crippen LogP contribution is -2.44. The van der Waals surface area contributed by atoms with Gasteiger partial charge in [0.15, 0.2) is 5.78 Å². The number of hydrogen-bond acceptors (Lipinski definition) is 3. The Morgan fingerprint density at radius 1 is 1.03 bits per heavy atom. The molecule has 5 atom stereocenters. The van der Waals surface area contributed by atoms with Gasteiger partial charge in [-0.25, -0.2) is 0 Å². The standard InChI is InChI=1S/C28H35NO2/c1-17(30)25-13-14-26-23-11-7-19-15-21(31)10-12-22(19)27(23)24(16-28(25,26)2)18-5-8-20(9-6-18)29(3)4/h5-6,8-9,15,23-26H,7,10-14,16H2,1-4H3/t23?,24-,25?,26?,28-/m1/s1. The Kier molecular flexibility index (Phi) is 4.99.